The quantitative estimate of drug-likeness (QED) is 0.745. The van der Waals surface area contributed by atoms with E-state index in [1.165, 1.54) is 26.2 Å². The average Bonchev–Trinajstić information content (AvgIpc) is 2.15. The zero-order chi connectivity index (χ0) is 10.6. The Morgan fingerprint density at radius 1 is 1.50 bits per heavy atom. The zero-order valence-corrected chi connectivity index (χ0v) is 8.15. The summed E-state index contributed by atoms with van der Waals surface area (Å²) in [7, 11) is 1.49. The van der Waals surface area contributed by atoms with Crippen LogP contribution >= 0.6 is 0 Å². The second kappa shape index (κ2) is 4.46. The molecule has 3 nitrogen and oxygen atoms in total. The Hall–Kier alpha value is -1.77. The van der Waals surface area contributed by atoms with Crippen molar-refractivity contribution in [3.8, 4) is 11.5 Å². The third-order valence-electron chi connectivity index (χ3n) is 1.71. The molecule has 0 radical (unpaired) electrons. The molecule has 0 saturated heterocycles. The normalized spacial score (nSPS) is 10.4. The highest BCUT2D eigenvalue weighted by atomic mass is 16.5. The average molecular weight is 192 g/mol. The Kier molecular flexibility index (Phi) is 3.29. The van der Waals surface area contributed by atoms with Gasteiger partial charge in [0.1, 0.15) is 0 Å². The summed E-state index contributed by atoms with van der Waals surface area (Å²) in [5, 5.41) is 9.41. The number of carbonyl (C=O) groups is 1. The van der Waals surface area contributed by atoms with E-state index in [1.54, 1.807) is 18.2 Å². The minimum atomic E-state index is -0.0275. The molecular formula is C11H12O3. The maximum absolute atomic E-state index is 10.7. The summed E-state index contributed by atoms with van der Waals surface area (Å²) in [5.74, 6) is 0.462. The number of phenols is 1. The van der Waals surface area contributed by atoms with Gasteiger partial charge in [-0.15, -0.1) is 0 Å². The molecule has 0 aromatic heterocycles. The van der Waals surface area contributed by atoms with Crippen LogP contribution in [0.25, 0.3) is 6.08 Å². The molecule has 1 N–H and O–H groups in total. The van der Waals surface area contributed by atoms with Gasteiger partial charge in [-0.25, -0.2) is 0 Å². The van der Waals surface area contributed by atoms with Crippen LogP contribution in [0, 0.1) is 0 Å². The van der Waals surface area contributed by atoms with Crippen LogP contribution in [-0.2, 0) is 4.79 Å². The van der Waals surface area contributed by atoms with Gasteiger partial charge in [-0.3, -0.25) is 4.79 Å². The van der Waals surface area contributed by atoms with Crippen LogP contribution in [0.3, 0.4) is 0 Å². The molecule has 0 fully saturated rings. The van der Waals surface area contributed by atoms with Crippen LogP contribution in [0.1, 0.15) is 12.5 Å². The second-order valence-corrected chi connectivity index (χ2v) is 2.88. The summed E-state index contributed by atoms with van der Waals surface area (Å²) in [6.45, 7) is 1.47. The molecule has 0 aliphatic carbocycles. The van der Waals surface area contributed by atoms with Gasteiger partial charge in [-0.05, 0) is 30.7 Å². The van der Waals surface area contributed by atoms with Crippen LogP contribution < -0.4 is 4.74 Å². The molecule has 0 saturated carbocycles. The molecule has 1 aromatic rings. The summed E-state index contributed by atoms with van der Waals surface area (Å²) in [6.07, 6.45) is 3.09. The van der Waals surface area contributed by atoms with Crippen molar-refractivity contribution in [2.45, 2.75) is 6.92 Å². The van der Waals surface area contributed by atoms with Crippen molar-refractivity contribution >= 4 is 11.9 Å². The topological polar surface area (TPSA) is 46.5 Å². The lowest BCUT2D eigenvalue weighted by Crippen LogP contribution is -1.84. The van der Waals surface area contributed by atoms with E-state index in [0.29, 0.717) is 5.75 Å². The highest BCUT2D eigenvalue weighted by Gasteiger charge is 1.99. The highest BCUT2D eigenvalue weighted by molar-refractivity contribution is 5.91. The number of aromatic hydroxyl groups is 1. The molecular weight excluding hydrogens is 180 g/mol. The van der Waals surface area contributed by atoms with E-state index in [2.05, 4.69) is 0 Å². The summed E-state index contributed by atoms with van der Waals surface area (Å²) < 4.78 is 4.88. The smallest absolute Gasteiger partial charge is 0.160 e. The Bertz CT molecular complexity index is 367. The number of benzene rings is 1. The fourth-order valence-electron chi connectivity index (χ4n) is 1.02. The Balaban J connectivity index is 2.91. The molecule has 0 heterocycles. The molecule has 74 valence electrons. The minimum absolute atomic E-state index is 0.0275. The number of hydrogen-bond acceptors (Lipinski definition) is 3. The van der Waals surface area contributed by atoms with Gasteiger partial charge in [0.2, 0.25) is 0 Å². The summed E-state index contributed by atoms with van der Waals surface area (Å²) in [5.41, 5.74) is 0.763. The molecule has 1 aromatic carbocycles. The van der Waals surface area contributed by atoms with Crippen molar-refractivity contribution in [3.63, 3.8) is 0 Å². The van der Waals surface area contributed by atoms with E-state index in [4.69, 9.17) is 4.74 Å². The number of carbonyl (C=O) groups excluding carboxylic acids is 1. The first-order valence-corrected chi connectivity index (χ1v) is 4.19. The molecule has 0 bridgehead atoms. The van der Waals surface area contributed by atoms with E-state index in [9.17, 15) is 9.90 Å². The van der Waals surface area contributed by atoms with Crippen molar-refractivity contribution in [3.05, 3.63) is 29.8 Å². The predicted molar refractivity (Wildman–Crippen MR) is 54.4 cm³/mol. The summed E-state index contributed by atoms with van der Waals surface area (Å²) >= 11 is 0. The number of rotatable bonds is 3. The maximum atomic E-state index is 10.7. The predicted octanol–water partition coefficient (Wildman–Crippen LogP) is 2.00. The van der Waals surface area contributed by atoms with Crippen molar-refractivity contribution in [1.82, 2.24) is 0 Å². The number of hydrogen-bond donors (Lipinski definition) is 1. The first-order valence-electron chi connectivity index (χ1n) is 4.19. The first kappa shape index (κ1) is 10.3. The van der Waals surface area contributed by atoms with Crippen LogP contribution in [0.2, 0.25) is 0 Å². The second-order valence-electron chi connectivity index (χ2n) is 2.88. The minimum Gasteiger partial charge on any atom is -0.504 e. The van der Waals surface area contributed by atoms with Gasteiger partial charge in [0.05, 0.1) is 7.11 Å². The monoisotopic (exact) mass is 192 g/mol. The lowest BCUT2D eigenvalue weighted by molar-refractivity contribution is -0.112. The van der Waals surface area contributed by atoms with Gasteiger partial charge in [0.15, 0.2) is 17.3 Å². The summed E-state index contributed by atoms with van der Waals surface area (Å²) in [4.78, 5) is 10.7. The number of ketones is 1. The largest absolute Gasteiger partial charge is 0.504 e. The molecule has 0 amide bonds. The van der Waals surface area contributed by atoms with Crippen molar-refractivity contribution in [2.75, 3.05) is 7.11 Å². The van der Waals surface area contributed by atoms with Crippen LogP contribution in [0.5, 0.6) is 11.5 Å². The Labute approximate surface area is 82.6 Å². The van der Waals surface area contributed by atoms with Gasteiger partial charge in [0.25, 0.3) is 0 Å². The van der Waals surface area contributed by atoms with Crippen LogP contribution in [-0.4, -0.2) is 18.0 Å². The molecule has 14 heavy (non-hydrogen) atoms. The molecule has 0 spiro atoms. The number of methoxy groups -OCH3 is 1. The third-order valence-corrected chi connectivity index (χ3v) is 1.71. The third kappa shape index (κ3) is 2.62. The van der Waals surface area contributed by atoms with Gasteiger partial charge in [-0.2, -0.15) is 0 Å². The van der Waals surface area contributed by atoms with Gasteiger partial charge in [0, 0.05) is 0 Å². The molecule has 1 rings (SSSR count). The van der Waals surface area contributed by atoms with E-state index in [-0.39, 0.29) is 11.5 Å². The zero-order valence-electron chi connectivity index (χ0n) is 8.15. The maximum Gasteiger partial charge on any atom is 0.160 e. The van der Waals surface area contributed by atoms with Crippen molar-refractivity contribution in [1.29, 1.82) is 0 Å². The first-order chi connectivity index (χ1) is 6.63. The molecule has 0 atom stereocenters. The van der Waals surface area contributed by atoms with E-state index in [0.717, 1.165) is 5.56 Å². The van der Waals surface area contributed by atoms with Gasteiger partial charge < -0.3 is 9.84 Å². The number of phenolic OH excluding ortho intramolecular Hbond substituents is 1. The Morgan fingerprint density at radius 2 is 2.21 bits per heavy atom. The lowest BCUT2D eigenvalue weighted by atomic mass is 10.2. The van der Waals surface area contributed by atoms with Crippen LogP contribution in [0.4, 0.5) is 0 Å². The lowest BCUT2D eigenvalue weighted by Gasteiger charge is -2.02. The summed E-state index contributed by atoms with van der Waals surface area (Å²) in [6, 6.07) is 4.95. The highest BCUT2D eigenvalue weighted by Crippen LogP contribution is 2.26. The van der Waals surface area contributed by atoms with Gasteiger partial charge in [-0.1, -0.05) is 12.1 Å². The van der Waals surface area contributed by atoms with E-state index < -0.39 is 0 Å². The standard InChI is InChI=1S/C11H12O3/c1-8(12)3-4-9-5-6-11(14-2)10(13)7-9/h3-7,13H,1-2H3. The van der Waals surface area contributed by atoms with E-state index >= 15 is 0 Å². The van der Waals surface area contributed by atoms with Crippen LogP contribution in [0.15, 0.2) is 24.3 Å². The van der Waals surface area contributed by atoms with Gasteiger partial charge >= 0.3 is 0 Å². The van der Waals surface area contributed by atoms with Crippen molar-refractivity contribution in [2.24, 2.45) is 0 Å². The SMILES string of the molecule is COc1ccc(C=CC(C)=O)cc1O. The molecule has 0 aliphatic heterocycles. The molecule has 3 heteroatoms. The number of allylic oxidation sites excluding steroid dienone is 1. The fourth-order valence-corrected chi connectivity index (χ4v) is 1.02. The Morgan fingerprint density at radius 3 is 2.71 bits per heavy atom. The number of ether oxygens (including phenoxy) is 1. The van der Waals surface area contributed by atoms with Crippen molar-refractivity contribution < 1.29 is 14.6 Å². The van der Waals surface area contributed by atoms with E-state index in [1.807, 2.05) is 0 Å². The molecule has 0 unspecified atom stereocenters. The molecule has 0 aliphatic rings. The fraction of sp³-hybridized carbons (Fsp3) is 0.182.